The van der Waals surface area contributed by atoms with Crippen molar-refractivity contribution in [3.8, 4) is 0 Å². The van der Waals surface area contributed by atoms with Gasteiger partial charge in [-0.1, -0.05) is 13.8 Å². The Balaban J connectivity index is 2.16. The molecule has 0 amide bonds. The zero-order chi connectivity index (χ0) is 7.35. The minimum Gasteiger partial charge on any atom is -0.327 e. The van der Waals surface area contributed by atoms with Gasteiger partial charge in [-0.3, -0.25) is 0 Å². The van der Waals surface area contributed by atoms with E-state index in [1.165, 1.54) is 19.3 Å². The molecular formula is C9H17N. The fraction of sp³-hybridized carbons (Fsp3) is 1.00. The summed E-state index contributed by atoms with van der Waals surface area (Å²) in [6.07, 6.45) is 4.07. The van der Waals surface area contributed by atoms with E-state index in [1.54, 1.807) is 0 Å². The molecule has 0 aliphatic heterocycles. The first-order chi connectivity index (χ1) is 4.59. The summed E-state index contributed by atoms with van der Waals surface area (Å²) in [6, 6.07) is 0.540. The van der Waals surface area contributed by atoms with Gasteiger partial charge in [0.05, 0.1) is 0 Å². The van der Waals surface area contributed by atoms with Crippen molar-refractivity contribution in [2.75, 3.05) is 0 Å². The first-order valence-corrected chi connectivity index (χ1v) is 4.35. The van der Waals surface area contributed by atoms with Crippen LogP contribution in [0.25, 0.3) is 0 Å². The van der Waals surface area contributed by atoms with Crippen LogP contribution in [0.1, 0.15) is 33.1 Å². The maximum atomic E-state index is 5.94. The third kappa shape index (κ3) is 0.731. The molecule has 0 saturated heterocycles. The zero-order valence-electron chi connectivity index (χ0n) is 6.93. The van der Waals surface area contributed by atoms with Crippen molar-refractivity contribution in [3.05, 3.63) is 0 Å². The molecule has 2 bridgehead atoms. The van der Waals surface area contributed by atoms with Gasteiger partial charge in [-0.15, -0.1) is 0 Å². The average Bonchev–Trinajstić information content (AvgIpc) is 2.21. The van der Waals surface area contributed by atoms with E-state index in [0.717, 1.165) is 11.8 Å². The van der Waals surface area contributed by atoms with Gasteiger partial charge in [0.1, 0.15) is 0 Å². The Morgan fingerprint density at radius 1 is 1.30 bits per heavy atom. The second-order valence-corrected chi connectivity index (χ2v) is 4.78. The molecule has 3 atom stereocenters. The van der Waals surface area contributed by atoms with Gasteiger partial charge in [-0.05, 0) is 36.5 Å². The van der Waals surface area contributed by atoms with Crippen LogP contribution in [-0.4, -0.2) is 6.04 Å². The minimum absolute atomic E-state index is 0.540. The Bertz CT molecular complexity index is 149. The molecule has 1 heteroatoms. The molecule has 2 rings (SSSR count). The average molecular weight is 139 g/mol. The van der Waals surface area contributed by atoms with Crippen molar-refractivity contribution in [2.24, 2.45) is 23.0 Å². The Morgan fingerprint density at radius 2 is 2.00 bits per heavy atom. The van der Waals surface area contributed by atoms with Crippen LogP contribution in [0, 0.1) is 17.3 Å². The molecule has 58 valence electrons. The molecule has 0 aromatic heterocycles. The van der Waals surface area contributed by atoms with Crippen LogP contribution < -0.4 is 5.73 Å². The molecule has 2 aliphatic carbocycles. The molecular weight excluding hydrogens is 122 g/mol. The molecule has 0 radical (unpaired) electrons. The second kappa shape index (κ2) is 1.76. The van der Waals surface area contributed by atoms with Gasteiger partial charge in [-0.2, -0.15) is 0 Å². The van der Waals surface area contributed by atoms with Crippen molar-refractivity contribution in [1.82, 2.24) is 0 Å². The number of fused-ring (bicyclic) bond motifs is 2. The van der Waals surface area contributed by atoms with Crippen molar-refractivity contribution in [1.29, 1.82) is 0 Å². The highest BCUT2D eigenvalue weighted by atomic mass is 14.7. The summed E-state index contributed by atoms with van der Waals surface area (Å²) < 4.78 is 0. The first kappa shape index (κ1) is 6.66. The summed E-state index contributed by atoms with van der Waals surface area (Å²) in [5.41, 5.74) is 6.55. The summed E-state index contributed by atoms with van der Waals surface area (Å²) in [5.74, 6) is 1.80. The minimum atomic E-state index is 0.540. The lowest BCUT2D eigenvalue weighted by molar-refractivity contribution is 0.202. The van der Waals surface area contributed by atoms with Gasteiger partial charge in [0.2, 0.25) is 0 Å². The van der Waals surface area contributed by atoms with Crippen LogP contribution >= 0.6 is 0 Å². The largest absolute Gasteiger partial charge is 0.327 e. The van der Waals surface area contributed by atoms with Gasteiger partial charge < -0.3 is 5.73 Å². The smallest absolute Gasteiger partial charge is 0.00703 e. The van der Waals surface area contributed by atoms with E-state index in [1.807, 2.05) is 0 Å². The van der Waals surface area contributed by atoms with Gasteiger partial charge in [0.15, 0.2) is 0 Å². The highest BCUT2D eigenvalue weighted by Crippen LogP contribution is 2.54. The van der Waals surface area contributed by atoms with Crippen molar-refractivity contribution >= 4 is 0 Å². The SMILES string of the molecule is CC1(C)CC2CC1CC2N. The molecule has 3 unspecified atom stereocenters. The van der Waals surface area contributed by atoms with Crippen molar-refractivity contribution in [2.45, 2.75) is 39.2 Å². The maximum absolute atomic E-state index is 5.94. The van der Waals surface area contributed by atoms with Crippen LogP contribution in [0.2, 0.25) is 0 Å². The molecule has 0 aromatic carbocycles. The second-order valence-electron chi connectivity index (χ2n) is 4.78. The predicted octanol–water partition coefficient (Wildman–Crippen LogP) is 1.77. The van der Waals surface area contributed by atoms with E-state index in [2.05, 4.69) is 13.8 Å². The molecule has 0 aromatic rings. The molecule has 2 fully saturated rings. The van der Waals surface area contributed by atoms with Crippen LogP contribution in [0.3, 0.4) is 0 Å². The van der Waals surface area contributed by atoms with Crippen molar-refractivity contribution < 1.29 is 0 Å². The van der Waals surface area contributed by atoms with E-state index in [9.17, 15) is 0 Å². The Labute approximate surface area is 63.0 Å². The van der Waals surface area contributed by atoms with E-state index >= 15 is 0 Å². The van der Waals surface area contributed by atoms with Gasteiger partial charge in [0.25, 0.3) is 0 Å². The number of rotatable bonds is 0. The Kier molecular flexibility index (Phi) is 1.17. The topological polar surface area (TPSA) is 26.0 Å². The molecule has 2 N–H and O–H groups in total. The molecule has 10 heavy (non-hydrogen) atoms. The summed E-state index contributed by atoms with van der Waals surface area (Å²) in [5, 5.41) is 0. The number of hydrogen-bond donors (Lipinski definition) is 1. The summed E-state index contributed by atoms with van der Waals surface area (Å²) in [7, 11) is 0. The predicted molar refractivity (Wildman–Crippen MR) is 42.6 cm³/mol. The molecule has 0 spiro atoms. The van der Waals surface area contributed by atoms with Crippen LogP contribution in [0.5, 0.6) is 0 Å². The molecule has 0 heterocycles. The summed E-state index contributed by atoms with van der Waals surface area (Å²) in [6.45, 7) is 4.78. The fourth-order valence-corrected chi connectivity index (χ4v) is 2.87. The summed E-state index contributed by atoms with van der Waals surface area (Å²) >= 11 is 0. The standard InChI is InChI=1S/C9H17N/c1-9(2)5-6-3-7(9)4-8(6)10/h6-8H,3-5,10H2,1-2H3. The number of hydrogen-bond acceptors (Lipinski definition) is 1. The van der Waals surface area contributed by atoms with E-state index in [4.69, 9.17) is 5.73 Å². The lowest BCUT2D eigenvalue weighted by atomic mass is 9.75. The zero-order valence-corrected chi connectivity index (χ0v) is 6.93. The quantitative estimate of drug-likeness (QED) is 0.544. The van der Waals surface area contributed by atoms with Gasteiger partial charge >= 0.3 is 0 Å². The van der Waals surface area contributed by atoms with Crippen LogP contribution in [0.15, 0.2) is 0 Å². The third-order valence-corrected chi connectivity index (χ3v) is 3.64. The van der Waals surface area contributed by atoms with Crippen LogP contribution in [0.4, 0.5) is 0 Å². The maximum Gasteiger partial charge on any atom is 0.00703 e. The normalized spacial score (nSPS) is 50.1. The fourth-order valence-electron chi connectivity index (χ4n) is 2.87. The highest BCUT2D eigenvalue weighted by molar-refractivity contribution is 5.01. The first-order valence-electron chi connectivity index (χ1n) is 4.35. The van der Waals surface area contributed by atoms with E-state index < -0.39 is 0 Å². The molecule has 2 saturated carbocycles. The van der Waals surface area contributed by atoms with E-state index in [0.29, 0.717) is 11.5 Å². The Hall–Kier alpha value is -0.0400. The highest BCUT2D eigenvalue weighted by Gasteiger charge is 2.48. The van der Waals surface area contributed by atoms with E-state index in [-0.39, 0.29) is 0 Å². The van der Waals surface area contributed by atoms with Gasteiger partial charge in [0, 0.05) is 6.04 Å². The van der Waals surface area contributed by atoms with Gasteiger partial charge in [-0.25, -0.2) is 0 Å². The monoisotopic (exact) mass is 139 g/mol. The third-order valence-electron chi connectivity index (χ3n) is 3.64. The lowest BCUT2D eigenvalue weighted by Crippen LogP contribution is -2.33. The molecule has 1 nitrogen and oxygen atoms in total. The number of nitrogens with two attached hydrogens (primary N) is 1. The van der Waals surface area contributed by atoms with Crippen molar-refractivity contribution in [3.63, 3.8) is 0 Å². The molecule has 2 aliphatic rings. The lowest BCUT2D eigenvalue weighted by Gasteiger charge is -2.32. The summed E-state index contributed by atoms with van der Waals surface area (Å²) in [4.78, 5) is 0. The van der Waals surface area contributed by atoms with Crippen LogP contribution in [-0.2, 0) is 0 Å². The Morgan fingerprint density at radius 3 is 2.30 bits per heavy atom.